The number of nitrogen functional groups attached to an aromatic ring is 1. The first kappa shape index (κ1) is 19.4. The summed E-state index contributed by atoms with van der Waals surface area (Å²) in [6, 6.07) is 8.56. The third-order valence-electron chi connectivity index (χ3n) is 4.75. The lowest BCUT2D eigenvalue weighted by atomic mass is 10.1. The van der Waals surface area contributed by atoms with Crippen molar-refractivity contribution < 1.29 is 13.6 Å². The molecule has 3 N–H and O–H groups in total. The molecule has 0 spiro atoms. The normalized spacial score (nSPS) is 11.2. The van der Waals surface area contributed by atoms with Gasteiger partial charge in [0, 0.05) is 23.9 Å². The quantitative estimate of drug-likeness (QED) is 0.527. The molecule has 0 fully saturated rings. The Morgan fingerprint density at radius 1 is 1.17 bits per heavy atom. The first-order valence-corrected chi connectivity index (χ1v) is 9.16. The van der Waals surface area contributed by atoms with E-state index in [1.54, 1.807) is 18.2 Å². The zero-order chi connectivity index (χ0) is 21.4. The van der Waals surface area contributed by atoms with E-state index in [0.29, 0.717) is 35.3 Å². The molecule has 0 aliphatic rings. The van der Waals surface area contributed by atoms with Crippen LogP contribution in [-0.2, 0) is 11.2 Å². The maximum atomic E-state index is 14.4. The smallest absolute Gasteiger partial charge is 0.268 e. The molecular weight excluding hydrogens is 392 g/mol. The number of carbonyl (C=O) groups is 1. The summed E-state index contributed by atoms with van der Waals surface area (Å²) >= 11 is 0. The Hall–Kier alpha value is -3.88. The van der Waals surface area contributed by atoms with E-state index in [1.807, 2.05) is 0 Å². The van der Waals surface area contributed by atoms with Crippen LogP contribution in [-0.4, -0.2) is 25.5 Å². The van der Waals surface area contributed by atoms with Crippen LogP contribution in [0.1, 0.15) is 19.0 Å². The molecule has 3 heterocycles. The summed E-state index contributed by atoms with van der Waals surface area (Å²) in [5.74, 6) is -1.84. The predicted molar refractivity (Wildman–Crippen MR) is 108 cm³/mol. The van der Waals surface area contributed by atoms with E-state index >= 15 is 0 Å². The molecule has 0 radical (unpaired) electrons. The Labute approximate surface area is 169 Å². The molecule has 0 atom stereocenters. The van der Waals surface area contributed by atoms with Gasteiger partial charge in [0.05, 0.1) is 11.2 Å². The molecular formula is C21H17F2N5O2. The van der Waals surface area contributed by atoms with E-state index in [1.165, 1.54) is 19.2 Å². The van der Waals surface area contributed by atoms with Crippen molar-refractivity contribution in [1.82, 2.24) is 19.7 Å². The molecule has 0 saturated heterocycles. The molecule has 0 unspecified atom stereocenters. The number of aryl methyl sites for hydroxylation is 1. The number of fused-ring (bicyclic) bond motifs is 1. The Kier molecular flexibility index (Phi) is 4.86. The van der Waals surface area contributed by atoms with Crippen molar-refractivity contribution in [3.05, 3.63) is 70.3 Å². The van der Waals surface area contributed by atoms with E-state index in [0.717, 1.165) is 16.7 Å². The zero-order valence-corrected chi connectivity index (χ0v) is 15.9. The second-order valence-corrected chi connectivity index (χ2v) is 6.86. The molecule has 0 aliphatic heterocycles. The topological polar surface area (TPSA) is 107 Å². The van der Waals surface area contributed by atoms with Crippen molar-refractivity contribution >= 4 is 22.5 Å². The van der Waals surface area contributed by atoms with Crippen molar-refractivity contribution in [1.29, 1.82) is 0 Å². The number of carbonyl (C=O) groups excluding carboxylic acids is 1. The van der Waals surface area contributed by atoms with Gasteiger partial charge in [0.1, 0.15) is 28.5 Å². The molecule has 152 valence electrons. The van der Waals surface area contributed by atoms with Crippen LogP contribution in [0, 0.1) is 11.6 Å². The number of hydrogen-bond acceptors (Lipinski definition) is 5. The number of anilines is 1. The highest BCUT2D eigenvalue weighted by atomic mass is 19.1. The summed E-state index contributed by atoms with van der Waals surface area (Å²) in [5.41, 5.74) is 6.43. The van der Waals surface area contributed by atoms with Gasteiger partial charge in [-0.1, -0.05) is 12.1 Å². The number of ketones is 1. The molecule has 30 heavy (non-hydrogen) atoms. The summed E-state index contributed by atoms with van der Waals surface area (Å²) in [6.07, 6.45) is 2.09. The minimum Gasteiger partial charge on any atom is -0.382 e. The van der Waals surface area contributed by atoms with Gasteiger partial charge in [-0.25, -0.2) is 8.78 Å². The molecule has 0 aliphatic carbocycles. The van der Waals surface area contributed by atoms with Crippen molar-refractivity contribution in [3.8, 4) is 16.9 Å². The van der Waals surface area contributed by atoms with Gasteiger partial charge in [-0.05, 0) is 37.6 Å². The maximum absolute atomic E-state index is 14.4. The summed E-state index contributed by atoms with van der Waals surface area (Å²) in [5, 5.41) is 6.59. The van der Waals surface area contributed by atoms with E-state index in [2.05, 4.69) is 15.2 Å². The Balaban J connectivity index is 1.98. The summed E-state index contributed by atoms with van der Waals surface area (Å²) in [4.78, 5) is 28.8. The standard InChI is InChI=1S/C21H17F2N5O2/c1-11(29)8-9-12-4-2-7-16(25-12)13-10-28(19-14(22)5-3-6-15(19)23)21(30)17-18(13)26-27-20(17)24/h2-7,10H,8-9H2,1H3,(H3,24,26,27). The van der Waals surface area contributed by atoms with Gasteiger partial charge in [0.25, 0.3) is 5.56 Å². The molecule has 0 amide bonds. The SMILES string of the molecule is CC(=O)CCc1cccc(-c2cn(-c3c(F)cccc3F)c(=O)c3c(N)n[nH]c23)n1. The first-order chi connectivity index (χ1) is 14.4. The van der Waals surface area contributed by atoms with Crippen molar-refractivity contribution in [3.63, 3.8) is 0 Å². The van der Waals surface area contributed by atoms with Crippen molar-refractivity contribution in [2.75, 3.05) is 5.73 Å². The molecule has 4 rings (SSSR count). The highest BCUT2D eigenvalue weighted by Crippen LogP contribution is 2.28. The zero-order valence-electron chi connectivity index (χ0n) is 15.9. The number of aromatic nitrogens is 4. The third kappa shape index (κ3) is 3.34. The lowest BCUT2D eigenvalue weighted by Crippen LogP contribution is -2.21. The fourth-order valence-electron chi connectivity index (χ4n) is 3.29. The molecule has 7 nitrogen and oxygen atoms in total. The van der Waals surface area contributed by atoms with Gasteiger partial charge >= 0.3 is 0 Å². The summed E-state index contributed by atoms with van der Waals surface area (Å²) in [7, 11) is 0. The Morgan fingerprint density at radius 2 is 1.87 bits per heavy atom. The monoisotopic (exact) mass is 409 g/mol. The van der Waals surface area contributed by atoms with Crippen LogP contribution in [0.3, 0.4) is 0 Å². The average molecular weight is 409 g/mol. The lowest BCUT2D eigenvalue weighted by molar-refractivity contribution is -0.117. The van der Waals surface area contributed by atoms with Gasteiger partial charge in [-0.15, -0.1) is 0 Å². The minimum atomic E-state index is -0.896. The van der Waals surface area contributed by atoms with Crippen LogP contribution in [0.25, 0.3) is 27.8 Å². The second kappa shape index (κ2) is 7.51. The van der Waals surface area contributed by atoms with Crippen LogP contribution >= 0.6 is 0 Å². The van der Waals surface area contributed by atoms with Gasteiger partial charge in [0.2, 0.25) is 0 Å². The highest BCUT2D eigenvalue weighted by molar-refractivity contribution is 5.97. The summed E-state index contributed by atoms with van der Waals surface area (Å²) < 4.78 is 29.7. The fourth-order valence-corrected chi connectivity index (χ4v) is 3.29. The number of aromatic amines is 1. The van der Waals surface area contributed by atoms with Crippen molar-refractivity contribution in [2.24, 2.45) is 0 Å². The first-order valence-electron chi connectivity index (χ1n) is 9.16. The molecule has 0 saturated carbocycles. The van der Waals surface area contributed by atoms with E-state index in [-0.39, 0.29) is 17.0 Å². The number of pyridine rings is 2. The van der Waals surface area contributed by atoms with Crippen LogP contribution < -0.4 is 11.3 Å². The van der Waals surface area contributed by atoms with Crippen LogP contribution in [0.15, 0.2) is 47.4 Å². The van der Waals surface area contributed by atoms with Gasteiger partial charge in [-0.3, -0.25) is 19.4 Å². The molecule has 9 heteroatoms. The Morgan fingerprint density at radius 3 is 2.57 bits per heavy atom. The number of nitrogens with one attached hydrogen (secondary N) is 1. The average Bonchev–Trinajstić information content (AvgIpc) is 3.10. The van der Waals surface area contributed by atoms with Crippen molar-refractivity contribution in [2.45, 2.75) is 19.8 Å². The number of para-hydroxylation sites is 1. The number of nitrogens with two attached hydrogens (primary N) is 1. The largest absolute Gasteiger partial charge is 0.382 e. The number of Topliss-reactive ketones (excluding diaryl/α,β-unsaturated/α-hetero) is 1. The highest BCUT2D eigenvalue weighted by Gasteiger charge is 2.20. The number of nitrogens with zero attached hydrogens (tertiary/aromatic N) is 3. The van der Waals surface area contributed by atoms with E-state index < -0.39 is 22.9 Å². The number of benzene rings is 1. The lowest BCUT2D eigenvalue weighted by Gasteiger charge is -2.12. The number of rotatable bonds is 5. The van der Waals surface area contributed by atoms with Gasteiger partial charge in [-0.2, -0.15) is 5.10 Å². The minimum absolute atomic E-state index is 0.00564. The van der Waals surface area contributed by atoms with Crippen LogP contribution in [0.2, 0.25) is 0 Å². The number of H-pyrrole nitrogens is 1. The van der Waals surface area contributed by atoms with Gasteiger partial charge in [0.15, 0.2) is 5.82 Å². The molecule has 1 aromatic carbocycles. The summed E-state index contributed by atoms with van der Waals surface area (Å²) in [6.45, 7) is 1.50. The fraction of sp³-hybridized carbons (Fsp3) is 0.143. The predicted octanol–water partition coefficient (Wildman–Crippen LogP) is 3.16. The molecule has 0 bridgehead atoms. The van der Waals surface area contributed by atoms with Crippen LogP contribution in [0.5, 0.6) is 0 Å². The number of hydrogen-bond donors (Lipinski definition) is 2. The molecule has 3 aromatic heterocycles. The van der Waals surface area contributed by atoms with Gasteiger partial charge < -0.3 is 10.5 Å². The number of halogens is 2. The molecule has 4 aromatic rings. The maximum Gasteiger partial charge on any atom is 0.268 e. The second-order valence-electron chi connectivity index (χ2n) is 6.86. The Bertz CT molecular complexity index is 1320. The van der Waals surface area contributed by atoms with Crippen LogP contribution in [0.4, 0.5) is 14.6 Å². The van der Waals surface area contributed by atoms with E-state index in [9.17, 15) is 18.4 Å². The third-order valence-corrected chi connectivity index (χ3v) is 4.75. The van der Waals surface area contributed by atoms with E-state index in [4.69, 9.17) is 5.73 Å².